The Morgan fingerprint density at radius 2 is 2.17 bits per heavy atom. The van der Waals surface area contributed by atoms with E-state index in [9.17, 15) is 4.79 Å². The van der Waals surface area contributed by atoms with Crippen LogP contribution in [-0.4, -0.2) is 44.6 Å². The number of carbonyl (C=O) groups excluding carboxylic acids is 1. The van der Waals surface area contributed by atoms with Crippen molar-refractivity contribution in [2.45, 2.75) is 25.0 Å². The fourth-order valence-electron chi connectivity index (χ4n) is 2.67. The van der Waals surface area contributed by atoms with Crippen LogP contribution in [0.3, 0.4) is 0 Å². The summed E-state index contributed by atoms with van der Waals surface area (Å²) >= 11 is 7.30. The van der Waals surface area contributed by atoms with Gasteiger partial charge in [-0.05, 0) is 43.7 Å². The van der Waals surface area contributed by atoms with Gasteiger partial charge in [0.25, 0.3) is 0 Å². The topological polar surface area (TPSA) is 81.9 Å². The van der Waals surface area contributed by atoms with E-state index < -0.39 is 0 Å². The van der Waals surface area contributed by atoms with Crippen LogP contribution >= 0.6 is 23.4 Å². The predicted octanol–water partition coefficient (Wildman–Crippen LogP) is 4.15. The Balaban J connectivity index is 1.68. The number of hydrogen-bond acceptors (Lipinski definition) is 6. The maximum atomic E-state index is 12.3. The smallest absolute Gasteiger partial charge is 0.234 e. The van der Waals surface area contributed by atoms with E-state index >= 15 is 0 Å². The highest BCUT2D eigenvalue weighted by Gasteiger charge is 2.16. The lowest BCUT2D eigenvalue weighted by Gasteiger charge is -2.10. The monoisotopic (exact) mass is 431 g/mol. The van der Waals surface area contributed by atoms with Gasteiger partial charge in [-0.3, -0.25) is 9.78 Å². The summed E-state index contributed by atoms with van der Waals surface area (Å²) in [4.78, 5) is 16.5. The first kappa shape index (κ1) is 21.3. The normalized spacial score (nSPS) is 10.8. The summed E-state index contributed by atoms with van der Waals surface area (Å²) in [5.74, 6) is 0.805. The maximum absolute atomic E-state index is 12.3. The summed E-state index contributed by atoms with van der Waals surface area (Å²) in [6.07, 6.45) is 4.29. The number of nitrogens with zero attached hydrogens (tertiary/aromatic N) is 4. The van der Waals surface area contributed by atoms with Gasteiger partial charge < -0.3 is 14.6 Å². The number of halogens is 1. The van der Waals surface area contributed by atoms with E-state index in [2.05, 4.69) is 20.5 Å². The van der Waals surface area contributed by atoms with E-state index in [1.54, 1.807) is 36.7 Å². The Morgan fingerprint density at radius 1 is 1.28 bits per heavy atom. The molecule has 1 aromatic carbocycles. The van der Waals surface area contributed by atoms with Crippen molar-refractivity contribution in [2.75, 3.05) is 24.3 Å². The number of pyridine rings is 1. The zero-order valence-electron chi connectivity index (χ0n) is 16.0. The molecule has 2 heterocycles. The molecular weight excluding hydrogens is 410 g/mol. The van der Waals surface area contributed by atoms with Gasteiger partial charge in [0.15, 0.2) is 11.0 Å². The average Bonchev–Trinajstić information content (AvgIpc) is 3.13. The lowest BCUT2D eigenvalue weighted by molar-refractivity contribution is -0.113. The standard InChI is InChI=1S/C20H22ClN5O2S/c1-2-28-11-5-10-26-19(15-6-4-9-22-13-15)24-25-20(26)29-14-18(27)23-17-8-3-7-16(21)12-17/h3-4,6-9,12-13H,2,5,10-11,14H2,1H3,(H,23,27). The molecule has 0 atom stereocenters. The highest BCUT2D eigenvalue weighted by molar-refractivity contribution is 7.99. The van der Waals surface area contributed by atoms with Crippen molar-refractivity contribution in [2.24, 2.45) is 0 Å². The molecule has 1 amide bonds. The van der Waals surface area contributed by atoms with Crippen LogP contribution in [0.25, 0.3) is 11.4 Å². The first-order valence-corrected chi connectivity index (χ1v) is 10.6. The number of anilines is 1. The fourth-order valence-corrected chi connectivity index (χ4v) is 3.62. The molecule has 9 heteroatoms. The van der Waals surface area contributed by atoms with Gasteiger partial charge in [-0.2, -0.15) is 0 Å². The van der Waals surface area contributed by atoms with E-state index in [4.69, 9.17) is 16.3 Å². The van der Waals surface area contributed by atoms with Gasteiger partial charge in [-0.1, -0.05) is 29.4 Å². The Bertz CT molecular complexity index is 936. The Hall–Kier alpha value is -2.42. The van der Waals surface area contributed by atoms with E-state index in [1.807, 2.05) is 23.6 Å². The summed E-state index contributed by atoms with van der Waals surface area (Å²) < 4.78 is 7.45. The van der Waals surface area contributed by atoms with Gasteiger partial charge in [0.1, 0.15) is 0 Å². The Kier molecular flexibility index (Phi) is 8.03. The summed E-state index contributed by atoms with van der Waals surface area (Å²) in [7, 11) is 0. The highest BCUT2D eigenvalue weighted by Crippen LogP contribution is 2.24. The molecule has 0 bridgehead atoms. The van der Waals surface area contributed by atoms with Crippen molar-refractivity contribution in [3.05, 3.63) is 53.8 Å². The van der Waals surface area contributed by atoms with E-state index in [-0.39, 0.29) is 11.7 Å². The molecule has 3 rings (SSSR count). The van der Waals surface area contributed by atoms with Crippen molar-refractivity contribution in [1.82, 2.24) is 19.7 Å². The first-order valence-electron chi connectivity index (χ1n) is 9.27. The second-order valence-corrected chi connectivity index (χ2v) is 7.48. The predicted molar refractivity (Wildman–Crippen MR) is 115 cm³/mol. The molecule has 2 aromatic heterocycles. The quantitative estimate of drug-likeness (QED) is 0.383. The zero-order valence-corrected chi connectivity index (χ0v) is 17.6. The summed E-state index contributed by atoms with van der Waals surface area (Å²) in [6, 6.07) is 10.9. The molecule has 152 valence electrons. The summed E-state index contributed by atoms with van der Waals surface area (Å²) in [6.45, 7) is 4.00. The third kappa shape index (κ3) is 6.28. The number of benzene rings is 1. The molecule has 0 aliphatic rings. The van der Waals surface area contributed by atoms with Crippen LogP contribution in [0, 0.1) is 0 Å². The number of rotatable bonds is 10. The molecule has 3 aromatic rings. The molecule has 1 N–H and O–H groups in total. The molecule has 0 aliphatic heterocycles. The first-order chi connectivity index (χ1) is 14.2. The number of hydrogen-bond donors (Lipinski definition) is 1. The number of ether oxygens (including phenoxy) is 1. The minimum atomic E-state index is -0.135. The largest absolute Gasteiger partial charge is 0.382 e. The molecule has 0 saturated heterocycles. The Labute approximate surface area is 178 Å². The van der Waals surface area contributed by atoms with Crippen LogP contribution < -0.4 is 5.32 Å². The second kappa shape index (κ2) is 10.9. The Morgan fingerprint density at radius 3 is 2.93 bits per heavy atom. The molecule has 0 unspecified atom stereocenters. The second-order valence-electron chi connectivity index (χ2n) is 6.10. The molecule has 0 saturated carbocycles. The minimum absolute atomic E-state index is 0.135. The average molecular weight is 432 g/mol. The van der Waals surface area contributed by atoms with Gasteiger partial charge in [0.05, 0.1) is 5.75 Å². The van der Waals surface area contributed by atoms with Crippen LogP contribution in [0.15, 0.2) is 53.9 Å². The zero-order chi connectivity index (χ0) is 20.5. The summed E-state index contributed by atoms with van der Waals surface area (Å²) in [5, 5.41) is 12.7. The van der Waals surface area contributed by atoms with Crippen LogP contribution in [0.5, 0.6) is 0 Å². The molecule has 0 fully saturated rings. The molecular formula is C20H22ClN5O2S. The highest BCUT2D eigenvalue weighted by atomic mass is 35.5. The van der Waals surface area contributed by atoms with Crippen molar-refractivity contribution in [3.63, 3.8) is 0 Å². The van der Waals surface area contributed by atoms with Crippen molar-refractivity contribution in [1.29, 1.82) is 0 Å². The van der Waals surface area contributed by atoms with Crippen molar-refractivity contribution in [3.8, 4) is 11.4 Å². The molecule has 29 heavy (non-hydrogen) atoms. The van der Waals surface area contributed by atoms with Gasteiger partial charge in [0, 0.05) is 48.4 Å². The SMILES string of the molecule is CCOCCCn1c(SCC(=O)Nc2cccc(Cl)c2)nnc1-c1cccnc1. The van der Waals surface area contributed by atoms with Gasteiger partial charge in [-0.15, -0.1) is 10.2 Å². The van der Waals surface area contributed by atoms with Gasteiger partial charge >= 0.3 is 0 Å². The lowest BCUT2D eigenvalue weighted by atomic mass is 10.2. The summed E-state index contributed by atoms with van der Waals surface area (Å²) in [5.41, 5.74) is 1.55. The molecule has 0 aliphatic carbocycles. The van der Waals surface area contributed by atoms with E-state index in [1.165, 1.54) is 11.8 Å². The molecule has 7 nitrogen and oxygen atoms in total. The van der Waals surface area contributed by atoms with Crippen molar-refractivity contribution < 1.29 is 9.53 Å². The number of thioether (sulfide) groups is 1. The maximum Gasteiger partial charge on any atom is 0.234 e. The van der Waals surface area contributed by atoms with Crippen molar-refractivity contribution >= 4 is 35.0 Å². The number of amides is 1. The fraction of sp³-hybridized carbons (Fsp3) is 0.300. The molecule has 0 radical (unpaired) electrons. The minimum Gasteiger partial charge on any atom is -0.382 e. The van der Waals surface area contributed by atoms with E-state index in [0.29, 0.717) is 35.6 Å². The third-order valence-corrected chi connectivity index (χ3v) is 5.15. The third-order valence-electron chi connectivity index (χ3n) is 3.95. The lowest BCUT2D eigenvalue weighted by Crippen LogP contribution is -2.15. The van der Waals surface area contributed by atoms with Crippen LogP contribution in [0.1, 0.15) is 13.3 Å². The molecule has 0 spiro atoms. The number of carbonyl (C=O) groups is 1. The van der Waals surface area contributed by atoms with Crippen LogP contribution in [0.2, 0.25) is 5.02 Å². The number of aromatic nitrogens is 4. The van der Waals surface area contributed by atoms with E-state index in [0.717, 1.165) is 17.8 Å². The van der Waals surface area contributed by atoms with Crippen LogP contribution in [0.4, 0.5) is 5.69 Å². The van der Waals surface area contributed by atoms with Gasteiger partial charge in [-0.25, -0.2) is 0 Å². The van der Waals surface area contributed by atoms with Crippen LogP contribution in [-0.2, 0) is 16.1 Å². The van der Waals surface area contributed by atoms with Gasteiger partial charge in [0.2, 0.25) is 5.91 Å². The number of nitrogens with one attached hydrogen (secondary N) is 1.